The highest BCUT2D eigenvalue weighted by atomic mass is 16.2. The third kappa shape index (κ3) is 30.6. The maximum atomic E-state index is 13.0. The summed E-state index contributed by atoms with van der Waals surface area (Å²) in [5.74, 6) is 0.596. The topological polar surface area (TPSA) is 54.5 Å². The average molecular weight is 608 g/mol. The van der Waals surface area contributed by atoms with Crippen LogP contribution in [0, 0.1) is 0 Å². The van der Waals surface area contributed by atoms with E-state index in [4.69, 9.17) is 0 Å². The Balaban J connectivity index is 4.19. The number of quaternary nitrogens is 1. The molecule has 0 aromatic rings. The molecule has 0 saturated heterocycles. The molecule has 0 aliphatic rings. The Morgan fingerprint density at radius 2 is 0.721 bits per heavy atom. The van der Waals surface area contributed by atoms with Crippen LogP contribution in [0.4, 0.5) is 0 Å². The van der Waals surface area contributed by atoms with E-state index in [0.29, 0.717) is 45.2 Å². The van der Waals surface area contributed by atoms with Crippen LogP contribution in [0.3, 0.4) is 0 Å². The molecule has 0 aromatic carbocycles. The second-order valence-electron chi connectivity index (χ2n) is 14.3. The minimum Gasteiger partial charge on any atom is -0.342 e. The molecule has 1 amide bonds. The molecule has 0 aliphatic carbocycles. The second kappa shape index (κ2) is 29.5. The van der Waals surface area contributed by atoms with Gasteiger partial charge >= 0.3 is 0 Å². The molecule has 0 bridgehead atoms. The third-order valence-electron chi connectivity index (χ3n) is 8.79. The van der Waals surface area contributed by atoms with Crippen molar-refractivity contribution in [2.45, 2.75) is 187 Å². The number of ketones is 2. The molecule has 0 N–H and O–H groups in total. The van der Waals surface area contributed by atoms with Gasteiger partial charge in [-0.15, -0.1) is 0 Å². The van der Waals surface area contributed by atoms with Gasteiger partial charge in [-0.1, -0.05) is 142 Å². The lowest BCUT2D eigenvalue weighted by Gasteiger charge is -2.27. The van der Waals surface area contributed by atoms with Gasteiger partial charge in [-0.3, -0.25) is 14.4 Å². The van der Waals surface area contributed by atoms with Gasteiger partial charge in [0, 0.05) is 38.8 Å². The normalized spacial score (nSPS) is 11.7. The number of hydrogen-bond donors (Lipinski definition) is 0. The minimum absolute atomic E-state index is 0.0815. The number of carbonyl (C=O) groups is 3. The minimum atomic E-state index is 0.0815. The predicted octanol–water partition coefficient (Wildman–Crippen LogP) is 10.2. The van der Waals surface area contributed by atoms with Crippen LogP contribution in [-0.2, 0) is 14.4 Å². The van der Waals surface area contributed by atoms with Gasteiger partial charge in [0.2, 0.25) is 5.91 Å². The van der Waals surface area contributed by atoms with Crippen molar-refractivity contribution in [2.24, 2.45) is 0 Å². The highest BCUT2D eigenvalue weighted by Crippen LogP contribution is 2.14. The molecule has 0 unspecified atom stereocenters. The molecule has 43 heavy (non-hydrogen) atoms. The van der Waals surface area contributed by atoms with Crippen LogP contribution in [-0.4, -0.2) is 67.6 Å². The summed E-state index contributed by atoms with van der Waals surface area (Å²) in [7, 11) is 6.27. The summed E-state index contributed by atoms with van der Waals surface area (Å²) in [5.41, 5.74) is 0. The predicted molar refractivity (Wildman–Crippen MR) is 186 cm³/mol. The monoisotopic (exact) mass is 608 g/mol. The first-order valence-electron chi connectivity index (χ1n) is 18.8. The zero-order chi connectivity index (χ0) is 32.0. The SMILES string of the molecule is CCCCCCCCCCCCCC(=O)CCN(CCC(=O)CCCCCCCCCCCCC)C(=O)CC[N+](C)(C)C. The van der Waals surface area contributed by atoms with Gasteiger partial charge in [-0.05, 0) is 12.8 Å². The van der Waals surface area contributed by atoms with E-state index in [-0.39, 0.29) is 17.5 Å². The molecule has 0 aromatic heterocycles. The summed E-state index contributed by atoms with van der Waals surface area (Å²) in [6, 6.07) is 0. The quantitative estimate of drug-likeness (QED) is 0.0551. The van der Waals surface area contributed by atoms with Crippen LogP contribution in [0.2, 0.25) is 0 Å². The number of rotatable bonds is 33. The van der Waals surface area contributed by atoms with Gasteiger partial charge in [-0.2, -0.15) is 0 Å². The first-order valence-corrected chi connectivity index (χ1v) is 18.8. The lowest BCUT2D eigenvalue weighted by atomic mass is 10.0. The molecular weight excluding hydrogens is 532 g/mol. The number of Topliss-reactive ketones (excluding diaryl/α,β-unsaturated/α-hetero) is 2. The molecule has 5 nitrogen and oxygen atoms in total. The van der Waals surface area contributed by atoms with Gasteiger partial charge < -0.3 is 9.38 Å². The Labute approximate surface area is 268 Å². The fraction of sp³-hybridized carbons (Fsp3) is 0.921. The Kier molecular flexibility index (Phi) is 28.6. The summed E-state index contributed by atoms with van der Waals surface area (Å²) >= 11 is 0. The van der Waals surface area contributed by atoms with E-state index >= 15 is 0 Å². The lowest BCUT2D eigenvalue weighted by Crippen LogP contribution is -2.41. The second-order valence-corrected chi connectivity index (χ2v) is 14.3. The number of amides is 1. The van der Waals surface area contributed by atoms with Crippen molar-refractivity contribution in [3.63, 3.8) is 0 Å². The zero-order valence-corrected chi connectivity index (χ0v) is 29.8. The van der Waals surface area contributed by atoms with E-state index in [0.717, 1.165) is 36.7 Å². The first kappa shape index (κ1) is 41.8. The molecule has 0 radical (unpaired) electrons. The summed E-state index contributed by atoms with van der Waals surface area (Å²) in [5, 5.41) is 0. The fourth-order valence-corrected chi connectivity index (χ4v) is 5.69. The smallest absolute Gasteiger partial charge is 0.228 e. The van der Waals surface area contributed by atoms with Crippen molar-refractivity contribution < 1.29 is 18.9 Å². The number of carbonyl (C=O) groups excluding carboxylic acids is 3. The Morgan fingerprint density at radius 3 is 1.02 bits per heavy atom. The molecule has 0 atom stereocenters. The first-order chi connectivity index (χ1) is 20.7. The van der Waals surface area contributed by atoms with Crippen LogP contribution >= 0.6 is 0 Å². The molecular formula is C38H75N2O3+. The number of hydrogen-bond acceptors (Lipinski definition) is 3. The maximum Gasteiger partial charge on any atom is 0.228 e. The van der Waals surface area contributed by atoms with Crippen LogP contribution in [0.25, 0.3) is 0 Å². The highest BCUT2D eigenvalue weighted by molar-refractivity contribution is 5.82. The van der Waals surface area contributed by atoms with Crippen LogP contribution in [0.5, 0.6) is 0 Å². The van der Waals surface area contributed by atoms with Crippen molar-refractivity contribution in [3.05, 3.63) is 0 Å². The van der Waals surface area contributed by atoms with E-state index in [1.165, 1.54) is 116 Å². The summed E-state index contributed by atoms with van der Waals surface area (Å²) in [6.07, 6.45) is 30.7. The van der Waals surface area contributed by atoms with Crippen LogP contribution in [0.15, 0.2) is 0 Å². The average Bonchev–Trinajstić information content (AvgIpc) is 2.97. The summed E-state index contributed by atoms with van der Waals surface area (Å²) in [4.78, 5) is 40.0. The van der Waals surface area contributed by atoms with Crippen molar-refractivity contribution in [1.82, 2.24) is 4.90 Å². The van der Waals surface area contributed by atoms with E-state index in [2.05, 4.69) is 35.0 Å². The van der Waals surface area contributed by atoms with Gasteiger partial charge in [0.1, 0.15) is 11.6 Å². The Bertz CT molecular complexity index is 629. The largest absolute Gasteiger partial charge is 0.342 e. The summed E-state index contributed by atoms with van der Waals surface area (Å²) < 4.78 is 0.731. The third-order valence-corrected chi connectivity index (χ3v) is 8.79. The van der Waals surface area contributed by atoms with E-state index in [1.54, 1.807) is 4.90 Å². The van der Waals surface area contributed by atoms with Crippen molar-refractivity contribution in [2.75, 3.05) is 40.8 Å². The zero-order valence-electron chi connectivity index (χ0n) is 29.8. The lowest BCUT2D eigenvalue weighted by molar-refractivity contribution is -0.869. The van der Waals surface area contributed by atoms with Gasteiger partial charge in [-0.25, -0.2) is 0 Å². The van der Waals surface area contributed by atoms with Crippen LogP contribution < -0.4 is 0 Å². The molecule has 0 fully saturated rings. The number of nitrogens with zero attached hydrogens (tertiary/aromatic N) is 2. The van der Waals surface area contributed by atoms with E-state index in [9.17, 15) is 14.4 Å². The molecule has 0 aliphatic heterocycles. The van der Waals surface area contributed by atoms with E-state index in [1.807, 2.05) is 0 Å². The van der Waals surface area contributed by atoms with Gasteiger partial charge in [0.15, 0.2) is 0 Å². The molecule has 0 rings (SSSR count). The Hall–Kier alpha value is -1.23. The molecule has 0 spiro atoms. The molecule has 0 saturated carbocycles. The standard InChI is InChI=1S/C38H75N2O3/c1-6-8-10-12-14-16-18-20-22-24-26-28-36(41)30-33-39(38(43)32-35-40(3,4)5)34-31-37(42)29-27-25-23-21-19-17-15-13-11-9-7-2/h6-35H2,1-5H3/q+1. The molecule has 5 heteroatoms. The number of unbranched alkanes of at least 4 members (excludes halogenated alkanes) is 20. The van der Waals surface area contributed by atoms with Crippen molar-refractivity contribution in [1.29, 1.82) is 0 Å². The van der Waals surface area contributed by atoms with Gasteiger partial charge in [0.25, 0.3) is 0 Å². The highest BCUT2D eigenvalue weighted by Gasteiger charge is 2.19. The van der Waals surface area contributed by atoms with Crippen molar-refractivity contribution in [3.8, 4) is 0 Å². The van der Waals surface area contributed by atoms with Crippen molar-refractivity contribution >= 4 is 17.5 Å². The molecule has 0 heterocycles. The van der Waals surface area contributed by atoms with Crippen LogP contribution in [0.1, 0.15) is 187 Å². The Morgan fingerprint density at radius 1 is 0.419 bits per heavy atom. The van der Waals surface area contributed by atoms with E-state index < -0.39 is 0 Å². The molecule has 254 valence electrons. The van der Waals surface area contributed by atoms with Gasteiger partial charge in [0.05, 0.1) is 34.1 Å². The fourth-order valence-electron chi connectivity index (χ4n) is 5.69. The summed E-state index contributed by atoms with van der Waals surface area (Å²) in [6.45, 7) is 6.20. The maximum absolute atomic E-state index is 13.0.